The number of benzene rings is 1. The van der Waals surface area contributed by atoms with Crippen LogP contribution in [-0.4, -0.2) is 59.5 Å². The van der Waals surface area contributed by atoms with E-state index in [9.17, 15) is 22.8 Å². The van der Waals surface area contributed by atoms with Crippen molar-refractivity contribution in [2.24, 2.45) is 5.92 Å². The zero-order valence-corrected chi connectivity index (χ0v) is 21.4. The minimum Gasteiger partial charge on any atom is -0.338 e. The van der Waals surface area contributed by atoms with E-state index in [-0.39, 0.29) is 30.7 Å². The summed E-state index contributed by atoms with van der Waals surface area (Å²) in [4.78, 5) is 35.6. The number of likely N-dealkylation sites (tertiary alicyclic amines) is 1. The molecule has 1 saturated heterocycles. The van der Waals surface area contributed by atoms with Gasteiger partial charge in [0.1, 0.15) is 5.82 Å². The summed E-state index contributed by atoms with van der Waals surface area (Å²) in [5.41, 5.74) is 3.97. The molecule has 2 aliphatic heterocycles. The number of pyridine rings is 1. The van der Waals surface area contributed by atoms with Gasteiger partial charge in [0.15, 0.2) is 0 Å². The number of alkyl halides is 3. The van der Waals surface area contributed by atoms with Gasteiger partial charge in [-0.1, -0.05) is 13.3 Å². The number of carbonyl (C=O) groups excluding carboxylic acids is 2. The number of carbonyl (C=O) groups is 2. The van der Waals surface area contributed by atoms with Crippen LogP contribution in [0.1, 0.15) is 83.2 Å². The predicted molar refractivity (Wildman–Crippen MR) is 135 cm³/mol. The van der Waals surface area contributed by atoms with Gasteiger partial charge in [-0.3, -0.25) is 9.59 Å². The molecule has 2 fully saturated rings. The fraction of sp³-hybridized carbons (Fsp3) is 0.536. The molecule has 1 atom stereocenters. The van der Waals surface area contributed by atoms with E-state index in [1.54, 1.807) is 11.9 Å². The molecule has 2 amide bonds. The van der Waals surface area contributed by atoms with Gasteiger partial charge in [-0.05, 0) is 73.4 Å². The highest BCUT2D eigenvalue weighted by molar-refractivity contribution is 5.99. The van der Waals surface area contributed by atoms with Crippen molar-refractivity contribution in [2.75, 3.05) is 31.6 Å². The summed E-state index contributed by atoms with van der Waals surface area (Å²) >= 11 is 0. The van der Waals surface area contributed by atoms with Crippen LogP contribution in [0.15, 0.2) is 30.5 Å². The lowest BCUT2D eigenvalue weighted by Gasteiger charge is -2.35. The van der Waals surface area contributed by atoms with Crippen LogP contribution < -0.4 is 4.90 Å². The number of halogens is 3. The molecule has 1 aromatic carbocycles. The van der Waals surface area contributed by atoms with E-state index in [0.717, 1.165) is 53.9 Å². The summed E-state index contributed by atoms with van der Waals surface area (Å²) in [6.07, 6.45) is 1.59. The number of fused-ring (bicyclic) bond motifs is 1. The minimum absolute atomic E-state index is 0.0187. The maximum Gasteiger partial charge on any atom is 0.393 e. The largest absolute Gasteiger partial charge is 0.393 e. The molecule has 0 radical (unpaired) electrons. The number of rotatable bonds is 6. The van der Waals surface area contributed by atoms with Gasteiger partial charge in [0.05, 0.1) is 11.5 Å². The Kier molecular flexibility index (Phi) is 6.89. The Labute approximate surface area is 215 Å². The molecular formula is C28H33F3N4O2. The second-order valence-corrected chi connectivity index (χ2v) is 10.6. The molecule has 0 bridgehead atoms. The van der Waals surface area contributed by atoms with Crippen molar-refractivity contribution in [3.8, 4) is 0 Å². The SMILES string of the molecule is CCCN(c1ccc2c(c1)CN(C)C2=O)c1ncc(C(=O)N2CCCC(C(F)(F)F)C2)cc1C1CCC1. The monoisotopic (exact) mass is 514 g/mol. The molecule has 3 heterocycles. The first kappa shape index (κ1) is 25.5. The Balaban J connectivity index is 1.47. The molecule has 37 heavy (non-hydrogen) atoms. The first-order chi connectivity index (χ1) is 17.7. The van der Waals surface area contributed by atoms with Gasteiger partial charge >= 0.3 is 6.18 Å². The molecule has 0 spiro atoms. The third-order valence-electron chi connectivity index (χ3n) is 7.95. The summed E-state index contributed by atoms with van der Waals surface area (Å²) in [5, 5.41) is 0. The van der Waals surface area contributed by atoms with E-state index in [2.05, 4.69) is 11.8 Å². The normalized spacial score (nSPS) is 20.1. The summed E-state index contributed by atoms with van der Waals surface area (Å²) in [5.74, 6) is -0.789. The molecule has 1 unspecified atom stereocenters. The fourth-order valence-corrected chi connectivity index (χ4v) is 5.65. The Hall–Kier alpha value is -3.10. The highest BCUT2D eigenvalue weighted by Gasteiger charge is 2.43. The highest BCUT2D eigenvalue weighted by Crippen LogP contribution is 2.43. The molecule has 1 aliphatic carbocycles. The van der Waals surface area contributed by atoms with Gasteiger partial charge in [0.25, 0.3) is 11.8 Å². The fourth-order valence-electron chi connectivity index (χ4n) is 5.65. The Bertz CT molecular complexity index is 1190. The molecule has 1 aromatic heterocycles. The minimum atomic E-state index is -4.30. The van der Waals surface area contributed by atoms with Gasteiger partial charge in [-0.25, -0.2) is 4.98 Å². The van der Waals surface area contributed by atoms with E-state index in [1.807, 2.05) is 24.3 Å². The number of amides is 2. The van der Waals surface area contributed by atoms with Gasteiger partial charge in [-0.2, -0.15) is 13.2 Å². The second kappa shape index (κ2) is 9.99. The molecular weight excluding hydrogens is 481 g/mol. The smallest absolute Gasteiger partial charge is 0.338 e. The summed E-state index contributed by atoms with van der Waals surface area (Å²) in [6.45, 7) is 3.39. The average molecular weight is 515 g/mol. The number of aromatic nitrogens is 1. The maximum atomic E-state index is 13.3. The van der Waals surface area contributed by atoms with Crippen LogP contribution in [0.3, 0.4) is 0 Å². The van der Waals surface area contributed by atoms with Crippen LogP contribution in [0, 0.1) is 5.92 Å². The molecule has 1 saturated carbocycles. The molecule has 0 N–H and O–H groups in total. The molecule has 5 rings (SSSR count). The first-order valence-electron chi connectivity index (χ1n) is 13.2. The lowest BCUT2D eigenvalue weighted by molar-refractivity contribution is -0.184. The van der Waals surface area contributed by atoms with Crippen molar-refractivity contribution in [1.29, 1.82) is 0 Å². The van der Waals surface area contributed by atoms with Gasteiger partial charge < -0.3 is 14.7 Å². The standard InChI is InChI=1S/C28H33F3N4O2/c1-3-11-35(22-9-10-23-20(13-22)16-33(2)27(23)37)25-24(18-6-4-7-18)14-19(15-32-25)26(36)34-12-5-8-21(17-34)28(29,30)31/h9-10,13-15,18,21H,3-8,11-12,16-17H2,1-2H3. The molecule has 198 valence electrons. The van der Waals surface area contributed by atoms with E-state index < -0.39 is 12.1 Å². The lowest BCUT2D eigenvalue weighted by atomic mass is 9.79. The van der Waals surface area contributed by atoms with Crippen molar-refractivity contribution in [1.82, 2.24) is 14.8 Å². The van der Waals surface area contributed by atoms with Gasteiger partial charge in [0.2, 0.25) is 0 Å². The topological polar surface area (TPSA) is 56.8 Å². The summed E-state index contributed by atoms with van der Waals surface area (Å²) in [6, 6.07) is 7.72. The third kappa shape index (κ3) is 4.92. The molecule has 6 nitrogen and oxygen atoms in total. The van der Waals surface area contributed by atoms with Crippen molar-refractivity contribution < 1.29 is 22.8 Å². The second-order valence-electron chi connectivity index (χ2n) is 10.6. The van der Waals surface area contributed by atoms with Crippen molar-refractivity contribution in [2.45, 2.75) is 64.1 Å². The molecule has 2 aromatic rings. The Morgan fingerprint density at radius 3 is 2.62 bits per heavy atom. The lowest BCUT2D eigenvalue weighted by Crippen LogP contribution is -2.44. The summed E-state index contributed by atoms with van der Waals surface area (Å²) < 4.78 is 40.0. The van der Waals surface area contributed by atoms with E-state index in [4.69, 9.17) is 4.98 Å². The van der Waals surface area contributed by atoms with Crippen LogP contribution in [-0.2, 0) is 6.54 Å². The van der Waals surface area contributed by atoms with Crippen LogP contribution in [0.25, 0.3) is 0 Å². The first-order valence-corrected chi connectivity index (χ1v) is 13.2. The maximum absolute atomic E-state index is 13.3. The number of hydrogen-bond acceptors (Lipinski definition) is 4. The van der Waals surface area contributed by atoms with Crippen LogP contribution in [0.2, 0.25) is 0 Å². The van der Waals surface area contributed by atoms with E-state index in [1.165, 1.54) is 11.1 Å². The molecule has 3 aliphatic rings. The number of anilines is 2. The average Bonchev–Trinajstić information content (AvgIpc) is 3.13. The van der Waals surface area contributed by atoms with Crippen molar-refractivity contribution >= 4 is 23.3 Å². The number of hydrogen-bond donors (Lipinski definition) is 0. The Morgan fingerprint density at radius 1 is 1.16 bits per heavy atom. The predicted octanol–water partition coefficient (Wildman–Crippen LogP) is 5.90. The van der Waals surface area contributed by atoms with E-state index >= 15 is 0 Å². The van der Waals surface area contributed by atoms with Crippen LogP contribution in [0.5, 0.6) is 0 Å². The Morgan fingerprint density at radius 2 is 1.95 bits per heavy atom. The third-order valence-corrected chi connectivity index (χ3v) is 7.95. The number of piperidine rings is 1. The van der Waals surface area contributed by atoms with E-state index in [0.29, 0.717) is 31.6 Å². The zero-order chi connectivity index (χ0) is 26.3. The van der Waals surface area contributed by atoms with Crippen LogP contribution in [0.4, 0.5) is 24.7 Å². The molecule has 9 heteroatoms. The zero-order valence-electron chi connectivity index (χ0n) is 21.4. The number of nitrogens with zero attached hydrogens (tertiary/aromatic N) is 4. The van der Waals surface area contributed by atoms with Gasteiger partial charge in [0, 0.05) is 50.7 Å². The van der Waals surface area contributed by atoms with Crippen LogP contribution >= 0.6 is 0 Å². The van der Waals surface area contributed by atoms with Crippen molar-refractivity contribution in [3.05, 3.63) is 52.7 Å². The highest BCUT2D eigenvalue weighted by atomic mass is 19.4. The van der Waals surface area contributed by atoms with Gasteiger partial charge in [-0.15, -0.1) is 0 Å². The quantitative estimate of drug-likeness (QED) is 0.482. The summed E-state index contributed by atoms with van der Waals surface area (Å²) in [7, 11) is 1.79. The van der Waals surface area contributed by atoms with Crippen molar-refractivity contribution in [3.63, 3.8) is 0 Å².